The van der Waals surface area contributed by atoms with E-state index in [1.165, 1.54) is 0 Å². The Hall–Kier alpha value is -1.16. The molecule has 0 aromatic carbocycles. The Kier molecular flexibility index (Phi) is 8.89. The molecule has 0 aliphatic heterocycles. The van der Waals surface area contributed by atoms with Gasteiger partial charge in [-0.05, 0) is 0 Å². The van der Waals surface area contributed by atoms with Crippen LogP contribution in [-0.2, 0) is 4.79 Å². The van der Waals surface area contributed by atoms with E-state index in [9.17, 15) is 4.79 Å². The van der Waals surface area contributed by atoms with E-state index in [4.69, 9.17) is 18.6 Å². The van der Waals surface area contributed by atoms with Crippen molar-refractivity contribution in [1.82, 2.24) is 4.90 Å². The fourth-order valence-electron chi connectivity index (χ4n) is 0.646. The second kappa shape index (κ2) is 7.94. The molecule has 12 heavy (non-hydrogen) atoms. The van der Waals surface area contributed by atoms with Crippen LogP contribution in [0.25, 0.3) is 0 Å². The van der Waals surface area contributed by atoms with E-state index in [-0.39, 0.29) is 19.0 Å². The highest BCUT2D eigenvalue weighted by atomic mass is 35.5. The SMILES string of the molecule is C#CCN(CC#C)CC(N)=O.Cl. The number of halogens is 1. The molecule has 2 N–H and O–H groups in total. The van der Waals surface area contributed by atoms with Crippen LogP contribution in [0.3, 0.4) is 0 Å². The molecule has 0 aliphatic rings. The summed E-state index contributed by atoms with van der Waals surface area (Å²) in [5.41, 5.74) is 4.94. The van der Waals surface area contributed by atoms with Gasteiger partial charge in [-0.1, -0.05) is 11.8 Å². The van der Waals surface area contributed by atoms with Crippen LogP contribution in [0.5, 0.6) is 0 Å². The molecule has 0 aromatic rings. The average molecular weight is 187 g/mol. The summed E-state index contributed by atoms with van der Waals surface area (Å²) in [5, 5.41) is 0. The molecule has 4 heteroatoms. The number of nitrogens with two attached hydrogens (primary N) is 1. The lowest BCUT2D eigenvalue weighted by Gasteiger charge is -2.13. The van der Waals surface area contributed by atoms with Gasteiger partial charge in [0.1, 0.15) is 0 Å². The lowest BCUT2D eigenvalue weighted by atomic mass is 10.4. The number of terminal acetylenes is 2. The lowest BCUT2D eigenvalue weighted by molar-refractivity contribution is -0.118. The Balaban J connectivity index is 0. The molecule has 0 atom stereocenters. The van der Waals surface area contributed by atoms with Crippen LogP contribution in [0.1, 0.15) is 0 Å². The number of hydrogen-bond acceptors (Lipinski definition) is 2. The summed E-state index contributed by atoms with van der Waals surface area (Å²) in [6, 6.07) is 0. The van der Waals surface area contributed by atoms with Crippen molar-refractivity contribution in [2.24, 2.45) is 5.73 Å². The van der Waals surface area contributed by atoms with Crippen LogP contribution in [0.4, 0.5) is 0 Å². The van der Waals surface area contributed by atoms with Gasteiger partial charge in [0.25, 0.3) is 0 Å². The van der Waals surface area contributed by atoms with Crippen LogP contribution in [-0.4, -0.2) is 30.4 Å². The van der Waals surface area contributed by atoms with Gasteiger partial charge < -0.3 is 5.73 Å². The van der Waals surface area contributed by atoms with Crippen LogP contribution >= 0.6 is 12.4 Å². The molecule has 0 saturated carbocycles. The highest BCUT2D eigenvalue weighted by Gasteiger charge is 2.03. The molecule has 0 radical (unpaired) electrons. The molecule has 66 valence electrons. The van der Waals surface area contributed by atoms with E-state index in [2.05, 4.69) is 11.8 Å². The highest BCUT2D eigenvalue weighted by molar-refractivity contribution is 5.85. The molecular formula is C8H11ClN2O. The minimum Gasteiger partial charge on any atom is -0.369 e. The first-order chi connectivity index (χ1) is 5.20. The third kappa shape index (κ3) is 6.95. The van der Waals surface area contributed by atoms with Gasteiger partial charge in [0.05, 0.1) is 19.6 Å². The van der Waals surface area contributed by atoms with Gasteiger partial charge in [-0.15, -0.1) is 25.3 Å². The number of rotatable bonds is 4. The third-order valence-corrected chi connectivity index (χ3v) is 1.01. The van der Waals surface area contributed by atoms with Crippen molar-refractivity contribution in [1.29, 1.82) is 0 Å². The van der Waals surface area contributed by atoms with E-state index in [0.717, 1.165) is 0 Å². The van der Waals surface area contributed by atoms with Gasteiger partial charge in [-0.3, -0.25) is 9.69 Å². The van der Waals surface area contributed by atoms with Gasteiger partial charge >= 0.3 is 0 Å². The zero-order chi connectivity index (χ0) is 8.69. The van der Waals surface area contributed by atoms with Crippen molar-refractivity contribution >= 4 is 18.3 Å². The maximum absolute atomic E-state index is 10.4. The molecule has 0 aromatic heterocycles. The number of carbonyl (C=O) groups excluding carboxylic acids is 1. The van der Waals surface area contributed by atoms with Crippen molar-refractivity contribution in [2.75, 3.05) is 19.6 Å². The predicted octanol–water partition coefficient (Wildman–Crippen LogP) is -0.538. The van der Waals surface area contributed by atoms with Gasteiger partial charge in [0.15, 0.2) is 0 Å². The standard InChI is InChI=1S/C8H10N2O.ClH/c1-3-5-10(6-4-2)7-8(9)11;/h1-2H,5-7H2,(H2,9,11);1H. The molecule has 0 fully saturated rings. The number of primary amides is 1. The number of nitrogens with zero attached hydrogens (tertiary/aromatic N) is 1. The van der Waals surface area contributed by atoms with Gasteiger partial charge in [-0.25, -0.2) is 0 Å². The Labute approximate surface area is 78.7 Å². The zero-order valence-corrected chi connectivity index (χ0v) is 7.43. The number of carbonyl (C=O) groups is 1. The Bertz CT molecular complexity index is 198. The summed E-state index contributed by atoms with van der Waals surface area (Å²) in [4.78, 5) is 12.0. The maximum atomic E-state index is 10.4. The Morgan fingerprint density at radius 1 is 1.33 bits per heavy atom. The maximum Gasteiger partial charge on any atom is 0.231 e. The molecule has 3 nitrogen and oxygen atoms in total. The molecule has 0 heterocycles. The summed E-state index contributed by atoms with van der Waals surface area (Å²) in [6.07, 6.45) is 10.0. The minimum atomic E-state index is -0.421. The van der Waals surface area contributed by atoms with E-state index >= 15 is 0 Å². The average Bonchev–Trinajstić information content (AvgIpc) is 1.87. The second-order valence-electron chi connectivity index (χ2n) is 2.02. The van der Waals surface area contributed by atoms with Crippen molar-refractivity contribution in [2.45, 2.75) is 0 Å². The summed E-state index contributed by atoms with van der Waals surface area (Å²) in [6.45, 7) is 0.828. The Morgan fingerprint density at radius 2 is 1.75 bits per heavy atom. The first-order valence-corrected chi connectivity index (χ1v) is 3.08. The van der Waals surface area contributed by atoms with Crippen LogP contribution in [0.15, 0.2) is 0 Å². The topological polar surface area (TPSA) is 46.3 Å². The number of amides is 1. The smallest absolute Gasteiger partial charge is 0.231 e. The second-order valence-corrected chi connectivity index (χ2v) is 2.02. The molecular weight excluding hydrogens is 176 g/mol. The quantitative estimate of drug-likeness (QED) is 0.600. The van der Waals surface area contributed by atoms with Gasteiger partial charge in [0, 0.05) is 0 Å². The summed E-state index contributed by atoms with van der Waals surface area (Å²) >= 11 is 0. The summed E-state index contributed by atoms with van der Waals surface area (Å²) < 4.78 is 0. The molecule has 1 amide bonds. The predicted molar refractivity (Wildman–Crippen MR) is 50.5 cm³/mol. The van der Waals surface area contributed by atoms with Gasteiger partial charge in [-0.2, -0.15) is 0 Å². The molecule has 0 spiro atoms. The van der Waals surface area contributed by atoms with Gasteiger partial charge in [0.2, 0.25) is 5.91 Å². The third-order valence-electron chi connectivity index (χ3n) is 1.01. The minimum absolute atomic E-state index is 0. The fraction of sp³-hybridized carbons (Fsp3) is 0.375. The van der Waals surface area contributed by atoms with E-state index in [1.54, 1.807) is 4.90 Å². The monoisotopic (exact) mass is 186 g/mol. The molecule has 0 bridgehead atoms. The largest absolute Gasteiger partial charge is 0.369 e. The van der Waals surface area contributed by atoms with Crippen molar-refractivity contribution in [3.8, 4) is 24.7 Å². The van der Waals surface area contributed by atoms with E-state index in [1.807, 2.05) is 0 Å². The highest BCUT2D eigenvalue weighted by Crippen LogP contribution is 1.83. The van der Waals surface area contributed by atoms with Crippen LogP contribution in [0, 0.1) is 24.7 Å². The van der Waals surface area contributed by atoms with Crippen molar-refractivity contribution in [3.63, 3.8) is 0 Å². The van der Waals surface area contributed by atoms with E-state index < -0.39 is 5.91 Å². The van der Waals surface area contributed by atoms with Crippen molar-refractivity contribution in [3.05, 3.63) is 0 Å². The first-order valence-electron chi connectivity index (χ1n) is 3.08. The van der Waals surface area contributed by atoms with E-state index in [0.29, 0.717) is 13.1 Å². The zero-order valence-electron chi connectivity index (χ0n) is 6.62. The molecule has 0 aliphatic carbocycles. The summed E-state index contributed by atoms with van der Waals surface area (Å²) in [5.74, 6) is 4.34. The Morgan fingerprint density at radius 3 is 2.00 bits per heavy atom. The lowest BCUT2D eigenvalue weighted by Crippen LogP contribution is -2.34. The van der Waals surface area contributed by atoms with Crippen molar-refractivity contribution < 1.29 is 4.79 Å². The molecule has 0 unspecified atom stereocenters. The van der Waals surface area contributed by atoms with Crippen LogP contribution in [0.2, 0.25) is 0 Å². The summed E-state index contributed by atoms with van der Waals surface area (Å²) in [7, 11) is 0. The normalized spacial score (nSPS) is 7.92. The van der Waals surface area contributed by atoms with Crippen LogP contribution < -0.4 is 5.73 Å². The first kappa shape index (κ1) is 13.4. The number of hydrogen-bond donors (Lipinski definition) is 1. The molecule has 0 rings (SSSR count). The fourth-order valence-corrected chi connectivity index (χ4v) is 0.646. The molecule has 0 saturated heterocycles.